The van der Waals surface area contributed by atoms with Gasteiger partial charge in [-0.3, -0.25) is 4.98 Å². The lowest BCUT2D eigenvalue weighted by Crippen LogP contribution is -2.38. The molecule has 1 aliphatic rings. The molecule has 6 rings (SSSR count). The fourth-order valence-electron chi connectivity index (χ4n) is 5.53. The minimum Gasteiger partial charge on any atom is -0.336 e. The van der Waals surface area contributed by atoms with Gasteiger partial charge < -0.3 is 4.90 Å². The van der Waals surface area contributed by atoms with E-state index in [1.807, 2.05) is 6.07 Å². The Morgan fingerprint density at radius 1 is 0.600 bits per heavy atom. The monoisotopic (exact) mass is 528 g/mol. The van der Waals surface area contributed by atoms with Crippen molar-refractivity contribution in [2.24, 2.45) is 0 Å². The van der Waals surface area contributed by atoms with Crippen LogP contribution >= 0.6 is 0 Å². The van der Waals surface area contributed by atoms with Gasteiger partial charge in [0, 0.05) is 33.3 Å². The largest absolute Gasteiger partial charge is 0.336 e. The maximum atomic E-state index is 4.94. The van der Waals surface area contributed by atoms with Crippen molar-refractivity contribution in [3.8, 4) is 11.3 Å². The van der Waals surface area contributed by atoms with Crippen molar-refractivity contribution >= 4 is 22.1 Å². The van der Waals surface area contributed by atoms with E-state index in [9.17, 15) is 0 Å². The summed E-state index contributed by atoms with van der Waals surface area (Å²) in [7, 11) is 0. The standard InChI is InChI=1S/C19H19N.C18H21N.CH4/c1-19(2,3)18-16-12-8-7-11-15(16)13-17(20-18)14-9-5-4-6-10-14;1-18(2,3)19-16-10-6-4-8-14(16)12-13-15-9-5-7-11-17(15)19;/h4-13H,1-3H3;4-11H,12-13H2,1-3H3;1H4. The predicted molar refractivity (Wildman–Crippen MR) is 175 cm³/mol. The molecule has 2 heterocycles. The first-order valence-corrected chi connectivity index (χ1v) is 14.0. The van der Waals surface area contributed by atoms with Gasteiger partial charge in [0.25, 0.3) is 0 Å². The normalized spacial score (nSPS) is 12.8. The van der Waals surface area contributed by atoms with Gasteiger partial charge in [-0.05, 0) is 68.3 Å². The summed E-state index contributed by atoms with van der Waals surface area (Å²) in [6, 6.07) is 38.7. The minimum atomic E-state index is 0. The van der Waals surface area contributed by atoms with Gasteiger partial charge >= 0.3 is 0 Å². The summed E-state index contributed by atoms with van der Waals surface area (Å²) in [5, 5.41) is 2.51. The zero-order chi connectivity index (χ0) is 27.6. The average Bonchev–Trinajstić information content (AvgIpc) is 3.10. The molecular weight excluding hydrogens is 484 g/mol. The number of hydrogen-bond acceptors (Lipinski definition) is 2. The summed E-state index contributed by atoms with van der Waals surface area (Å²) >= 11 is 0. The number of fused-ring (bicyclic) bond motifs is 3. The molecule has 2 heteroatoms. The number of aromatic nitrogens is 1. The molecule has 0 fully saturated rings. The Labute approximate surface area is 241 Å². The molecule has 0 amide bonds. The first-order chi connectivity index (χ1) is 18.6. The molecule has 0 saturated carbocycles. The van der Waals surface area contributed by atoms with E-state index in [2.05, 4.69) is 150 Å². The van der Waals surface area contributed by atoms with E-state index in [0.717, 1.165) is 24.2 Å². The highest BCUT2D eigenvalue weighted by molar-refractivity contribution is 5.88. The van der Waals surface area contributed by atoms with E-state index >= 15 is 0 Å². The molecule has 0 aliphatic carbocycles. The third kappa shape index (κ3) is 6.12. The van der Waals surface area contributed by atoms with E-state index in [-0.39, 0.29) is 18.4 Å². The molecule has 0 saturated heterocycles. The summed E-state index contributed by atoms with van der Waals surface area (Å²) in [4.78, 5) is 7.43. The summed E-state index contributed by atoms with van der Waals surface area (Å²) in [5.74, 6) is 0. The second kappa shape index (κ2) is 11.7. The van der Waals surface area contributed by atoms with Gasteiger partial charge in [-0.15, -0.1) is 0 Å². The van der Waals surface area contributed by atoms with Crippen LogP contribution in [0.4, 0.5) is 11.4 Å². The number of rotatable bonds is 1. The van der Waals surface area contributed by atoms with Gasteiger partial charge in [-0.1, -0.05) is 119 Å². The second-order valence-corrected chi connectivity index (χ2v) is 12.5. The molecule has 0 bridgehead atoms. The van der Waals surface area contributed by atoms with Crippen LogP contribution in [-0.4, -0.2) is 10.5 Å². The Morgan fingerprint density at radius 3 is 1.65 bits per heavy atom. The fraction of sp³-hybridized carbons (Fsp3) is 0.289. The zero-order valence-electron chi connectivity index (χ0n) is 24.2. The highest BCUT2D eigenvalue weighted by Crippen LogP contribution is 2.40. The van der Waals surface area contributed by atoms with E-state index in [1.54, 1.807) is 0 Å². The van der Waals surface area contributed by atoms with Crippen LogP contribution in [-0.2, 0) is 18.3 Å². The van der Waals surface area contributed by atoms with Gasteiger partial charge in [0.2, 0.25) is 0 Å². The fourth-order valence-corrected chi connectivity index (χ4v) is 5.53. The number of aryl methyl sites for hydroxylation is 2. The Hall–Kier alpha value is -3.91. The predicted octanol–water partition coefficient (Wildman–Crippen LogP) is 10.6. The average molecular weight is 529 g/mol. The van der Waals surface area contributed by atoms with Crippen molar-refractivity contribution in [1.82, 2.24) is 4.98 Å². The van der Waals surface area contributed by atoms with E-state index < -0.39 is 0 Å². The van der Waals surface area contributed by atoms with Gasteiger partial charge in [-0.25, -0.2) is 0 Å². The molecule has 1 aromatic heterocycles. The molecule has 0 radical (unpaired) electrons. The molecule has 206 valence electrons. The summed E-state index contributed by atoms with van der Waals surface area (Å²) in [5.41, 5.74) is 9.12. The molecule has 0 atom stereocenters. The summed E-state index contributed by atoms with van der Waals surface area (Å²) < 4.78 is 0. The smallest absolute Gasteiger partial charge is 0.0711 e. The number of hydrogen-bond donors (Lipinski definition) is 0. The highest BCUT2D eigenvalue weighted by Gasteiger charge is 2.28. The zero-order valence-corrected chi connectivity index (χ0v) is 24.2. The Balaban J connectivity index is 0.000000181. The summed E-state index contributed by atoms with van der Waals surface area (Å²) in [6.45, 7) is 13.5. The van der Waals surface area contributed by atoms with E-state index in [4.69, 9.17) is 4.98 Å². The molecule has 4 aromatic carbocycles. The SMILES string of the molecule is C.CC(C)(C)N1c2ccccc2CCc2ccccc21.CC(C)(C)c1nc(-c2ccccc2)cc2ccccc12. The molecule has 0 spiro atoms. The number of para-hydroxylation sites is 2. The van der Waals surface area contributed by atoms with Crippen molar-refractivity contribution in [3.05, 3.63) is 126 Å². The number of pyridine rings is 1. The molecule has 5 aromatic rings. The van der Waals surface area contributed by atoms with Crippen molar-refractivity contribution in [3.63, 3.8) is 0 Å². The molecule has 1 aliphatic heterocycles. The number of nitrogens with zero attached hydrogens (tertiary/aromatic N) is 2. The quantitative estimate of drug-likeness (QED) is 0.215. The maximum absolute atomic E-state index is 4.94. The van der Waals surface area contributed by atoms with Crippen LogP contribution in [0.15, 0.2) is 109 Å². The van der Waals surface area contributed by atoms with Gasteiger partial charge in [0.15, 0.2) is 0 Å². The third-order valence-electron chi connectivity index (χ3n) is 7.32. The maximum Gasteiger partial charge on any atom is 0.0711 e. The van der Waals surface area contributed by atoms with Crippen molar-refractivity contribution in [2.45, 2.75) is 72.8 Å². The van der Waals surface area contributed by atoms with E-state index in [0.29, 0.717) is 0 Å². The first-order valence-electron chi connectivity index (χ1n) is 14.0. The second-order valence-electron chi connectivity index (χ2n) is 12.5. The molecule has 0 unspecified atom stereocenters. The van der Waals surface area contributed by atoms with Crippen LogP contribution in [0, 0.1) is 0 Å². The topological polar surface area (TPSA) is 16.1 Å². The van der Waals surface area contributed by atoms with Crippen LogP contribution in [0.3, 0.4) is 0 Å². The number of benzene rings is 4. The Kier molecular flexibility index (Phi) is 8.49. The molecule has 0 N–H and O–H groups in total. The first kappa shape index (κ1) is 29.1. The van der Waals surface area contributed by atoms with Crippen molar-refractivity contribution in [2.75, 3.05) is 4.90 Å². The highest BCUT2D eigenvalue weighted by atomic mass is 15.2. The van der Waals surface area contributed by atoms with Crippen LogP contribution in [0.1, 0.15) is 65.8 Å². The Bertz CT molecular complexity index is 1520. The van der Waals surface area contributed by atoms with Crippen LogP contribution in [0.25, 0.3) is 22.0 Å². The van der Waals surface area contributed by atoms with Crippen molar-refractivity contribution < 1.29 is 0 Å². The molecule has 40 heavy (non-hydrogen) atoms. The minimum absolute atomic E-state index is 0. The summed E-state index contributed by atoms with van der Waals surface area (Å²) in [6.07, 6.45) is 2.25. The lowest BCUT2D eigenvalue weighted by Gasteiger charge is -2.39. The van der Waals surface area contributed by atoms with Crippen molar-refractivity contribution in [1.29, 1.82) is 0 Å². The van der Waals surface area contributed by atoms with E-state index in [1.165, 1.54) is 38.8 Å². The molecule has 2 nitrogen and oxygen atoms in total. The lowest BCUT2D eigenvalue weighted by atomic mass is 9.87. The third-order valence-corrected chi connectivity index (χ3v) is 7.32. The molecular formula is C38H44N2. The van der Waals surface area contributed by atoms with Gasteiger partial charge in [0.05, 0.1) is 11.4 Å². The van der Waals surface area contributed by atoms with Crippen LogP contribution in [0.2, 0.25) is 0 Å². The van der Waals surface area contributed by atoms with Gasteiger partial charge in [-0.2, -0.15) is 0 Å². The number of anilines is 2. The van der Waals surface area contributed by atoms with Crippen LogP contribution in [0.5, 0.6) is 0 Å². The Morgan fingerprint density at radius 2 is 1.10 bits per heavy atom. The van der Waals surface area contributed by atoms with Gasteiger partial charge in [0.1, 0.15) is 0 Å². The van der Waals surface area contributed by atoms with Crippen LogP contribution < -0.4 is 4.90 Å². The lowest BCUT2D eigenvalue weighted by molar-refractivity contribution is 0.559.